The fraction of sp³-hybridized carbons (Fsp3) is 0.462. The Hall–Kier alpha value is -1.16. The Labute approximate surface area is 104 Å². The van der Waals surface area contributed by atoms with Gasteiger partial charge in [0.05, 0.1) is 6.42 Å². The molecule has 1 unspecified atom stereocenters. The number of rotatable bonds is 4. The zero-order valence-electron chi connectivity index (χ0n) is 10.5. The Morgan fingerprint density at radius 2 is 2.24 bits per heavy atom. The highest BCUT2D eigenvalue weighted by Gasteiger charge is 2.30. The van der Waals surface area contributed by atoms with Crippen LogP contribution in [0.15, 0.2) is 23.8 Å². The second-order valence-electron chi connectivity index (χ2n) is 4.20. The molecule has 0 spiro atoms. The van der Waals surface area contributed by atoms with Crippen molar-refractivity contribution >= 4 is 27.6 Å². The van der Waals surface area contributed by atoms with Crippen LogP contribution >= 0.6 is 10.5 Å². The van der Waals surface area contributed by atoms with E-state index in [1.165, 1.54) is 0 Å². The van der Waals surface area contributed by atoms with Gasteiger partial charge in [-0.25, -0.2) is 4.79 Å². The van der Waals surface area contributed by atoms with Crippen molar-refractivity contribution in [2.24, 2.45) is 0 Å². The average molecular weight is 254 g/mol. The maximum Gasteiger partial charge on any atom is 0.336 e. The van der Waals surface area contributed by atoms with E-state index in [0.29, 0.717) is 6.42 Å². The fourth-order valence-corrected chi connectivity index (χ4v) is 2.21. The predicted octanol–water partition coefficient (Wildman–Crippen LogP) is 2.09. The molecule has 0 aromatic heterocycles. The maximum atomic E-state index is 11.7. The molecule has 0 N–H and O–H groups in total. The van der Waals surface area contributed by atoms with Crippen molar-refractivity contribution in [1.29, 1.82) is 0 Å². The van der Waals surface area contributed by atoms with Crippen LogP contribution in [0.5, 0.6) is 0 Å². The number of hydrogen-bond donors (Lipinski definition) is 0. The summed E-state index contributed by atoms with van der Waals surface area (Å²) in [5, 5.41) is 1.54. The summed E-state index contributed by atoms with van der Waals surface area (Å²) in [5.74, 6) is -0.275. The molecule has 0 aliphatic heterocycles. The molecule has 0 saturated carbocycles. The molecule has 0 amide bonds. The monoisotopic (exact) mass is 254 g/mol. The van der Waals surface area contributed by atoms with Crippen LogP contribution in [-0.2, 0) is 14.3 Å². The summed E-state index contributed by atoms with van der Waals surface area (Å²) < 4.78 is 5.28. The summed E-state index contributed by atoms with van der Waals surface area (Å²) in [5.41, 5.74) is 1.61. The normalized spacial score (nSPS) is 19.8. The quantitative estimate of drug-likeness (QED) is 0.438. The minimum Gasteiger partial charge on any atom is -0.454 e. The predicted molar refractivity (Wildman–Crippen MR) is 72.5 cm³/mol. The van der Waals surface area contributed by atoms with Gasteiger partial charge < -0.3 is 4.74 Å². The topological polar surface area (TPSA) is 43.4 Å². The van der Waals surface area contributed by atoms with Crippen molar-refractivity contribution in [3.8, 4) is 0 Å². The van der Waals surface area contributed by atoms with Gasteiger partial charge in [0.15, 0.2) is 5.78 Å². The fourth-order valence-electron chi connectivity index (χ4n) is 1.77. The number of ketones is 1. The van der Waals surface area contributed by atoms with E-state index < -0.39 is 0 Å². The van der Waals surface area contributed by atoms with E-state index in [2.05, 4.69) is 6.58 Å². The number of Topliss-reactive ketones (excluding diaryl/α,β-unsaturated/α-hetero) is 1. The van der Waals surface area contributed by atoms with E-state index in [4.69, 9.17) is 4.74 Å². The largest absolute Gasteiger partial charge is 0.454 e. The molecule has 94 valence electrons. The second kappa shape index (κ2) is 5.96. The molecule has 0 bridgehead atoms. The first-order valence-electron chi connectivity index (χ1n) is 5.41. The smallest absolute Gasteiger partial charge is 0.336 e. The van der Waals surface area contributed by atoms with E-state index in [9.17, 15) is 9.59 Å². The zero-order valence-corrected chi connectivity index (χ0v) is 11.3. The van der Waals surface area contributed by atoms with Crippen molar-refractivity contribution in [3.63, 3.8) is 0 Å². The van der Waals surface area contributed by atoms with E-state index in [1.54, 1.807) is 11.4 Å². The molecule has 0 aromatic rings. The molecule has 0 saturated heterocycles. The van der Waals surface area contributed by atoms with Gasteiger partial charge in [0, 0.05) is 10.9 Å². The first kappa shape index (κ1) is 13.9. The Morgan fingerprint density at radius 3 is 2.76 bits per heavy atom. The summed E-state index contributed by atoms with van der Waals surface area (Å²) in [6.45, 7) is 5.47. The van der Waals surface area contributed by atoms with Crippen molar-refractivity contribution in [1.82, 2.24) is 0 Å². The average Bonchev–Trinajstić information content (AvgIpc) is 2.45. The third-order valence-corrected chi connectivity index (χ3v) is 3.27. The molecular formula is C13H18O3S. The number of hydrogen-bond acceptors (Lipinski definition) is 3. The van der Waals surface area contributed by atoms with Crippen molar-refractivity contribution in [2.75, 3.05) is 12.5 Å². The lowest BCUT2D eigenvalue weighted by Crippen LogP contribution is -2.18. The molecule has 1 aliphatic carbocycles. The van der Waals surface area contributed by atoms with Crippen LogP contribution in [0, 0.1) is 0 Å². The van der Waals surface area contributed by atoms with Crippen LogP contribution in [0.25, 0.3) is 0 Å². The molecule has 1 rings (SSSR count). The highest BCUT2D eigenvalue weighted by atomic mass is 32.2. The maximum absolute atomic E-state index is 11.7. The molecule has 4 heteroatoms. The first-order chi connectivity index (χ1) is 7.95. The first-order valence-corrected chi connectivity index (χ1v) is 7.51. The molecule has 0 radical (unpaired) electrons. The van der Waals surface area contributed by atoms with E-state index in [1.807, 2.05) is 19.4 Å². The molecule has 17 heavy (non-hydrogen) atoms. The third kappa shape index (κ3) is 3.66. The van der Waals surface area contributed by atoms with Crippen LogP contribution in [0.4, 0.5) is 0 Å². The Morgan fingerprint density at radius 1 is 1.59 bits per heavy atom. The van der Waals surface area contributed by atoms with Gasteiger partial charge in [0.25, 0.3) is 0 Å². The SMILES string of the molecule is C=CCC1=C(C)C(OC(=O)C=S(C)C)CC1=O. The standard InChI is InChI=1S/C13H18O3S/c1-5-6-10-9(2)12(7-11(10)14)16-13(15)8-17(3)4/h5,8,12H,1,6-7H2,2-4H3. The molecule has 0 heterocycles. The van der Waals surface area contributed by atoms with Crippen molar-refractivity contribution in [3.05, 3.63) is 23.8 Å². The van der Waals surface area contributed by atoms with Crippen LogP contribution < -0.4 is 0 Å². The Balaban J connectivity index is 2.76. The van der Waals surface area contributed by atoms with Gasteiger partial charge in [0.2, 0.25) is 0 Å². The highest BCUT2D eigenvalue weighted by Crippen LogP contribution is 2.28. The summed E-state index contributed by atoms with van der Waals surface area (Å²) in [7, 11) is -0.0945. The third-order valence-electron chi connectivity index (χ3n) is 2.61. The van der Waals surface area contributed by atoms with Crippen molar-refractivity contribution in [2.45, 2.75) is 25.9 Å². The zero-order chi connectivity index (χ0) is 13.0. The van der Waals surface area contributed by atoms with E-state index >= 15 is 0 Å². The van der Waals surface area contributed by atoms with Crippen LogP contribution in [0.2, 0.25) is 0 Å². The minimum absolute atomic E-state index is 0.0622. The molecule has 1 atom stereocenters. The van der Waals surface area contributed by atoms with Crippen LogP contribution in [0.1, 0.15) is 19.8 Å². The van der Waals surface area contributed by atoms with Gasteiger partial charge in [-0.15, -0.1) is 6.58 Å². The molecule has 0 aromatic carbocycles. The summed E-state index contributed by atoms with van der Waals surface area (Å²) in [6.07, 6.45) is 6.01. The lowest BCUT2D eigenvalue weighted by molar-refractivity contribution is -0.138. The molecule has 0 fully saturated rings. The lowest BCUT2D eigenvalue weighted by atomic mass is 10.1. The number of carbonyl (C=O) groups excluding carboxylic acids is 2. The summed E-state index contributed by atoms with van der Waals surface area (Å²) in [6, 6.07) is 0. The second-order valence-corrected chi connectivity index (χ2v) is 6.20. The number of esters is 1. The van der Waals surface area contributed by atoms with Gasteiger partial charge in [-0.05, 0) is 31.4 Å². The van der Waals surface area contributed by atoms with Gasteiger partial charge in [0.1, 0.15) is 6.10 Å². The lowest BCUT2D eigenvalue weighted by Gasteiger charge is -2.11. The van der Waals surface area contributed by atoms with Gasteiger partial charge >= 0.3 is 5.97 Å². The van der Waals surface area contributed by atoms with Gasteiger partial charge in [-0.1, -0.05) is 6.08 Å². The Bertz CT molecular complexity index is 414. The summed E-state index contributed by atoms with van der Waals surface area (Å²) >= 11 is 0. The van der Waals surface area contributed by atoms with Crippen LogP contribution in [-0.4, -0.2) is 35.7 Å². The number of allylic oxidation sites excluding steroid dienone is 2. The molecular weight excluding hydrogens is 236 g/mol. The minimum atomic E-state index is -0.384. The molecule has 3 nitrogen and oxygen atoms in total. The highest BCUT2D eigenvalue weighted by molar-refractivity contribution is 8.14. The number of carbonyl (C=O) groups is 2. The van der Waals surface area contributed by atoms with Gasteiger partial charge in [-0.2, -0.15) is 10.5 Å². The number of ether oxygens (including phenoxy) is 1. The van der Waals surface area contributed by atoms with Crippen molar-refractivity contribution < 1.29 is 14.3 Å². The summed E-state index contributed by atoms with van der Waals surface area (Å²) in [4.78, 5) is 23.2. The molecule has 1 aliphatic rings. The van der Waals surface area contributed by atoms with Crippen LogP contribution in [0.3, 0.4) is 0 Å². The van der Waals surface area contributed by atoms with Gasteiger partial charge in [-0.3, -0.25) is 4.79 Å². The van der Waals surface area contributed by atoms with E-state index in [0.717, 1.165) is 11.1 Å². The van der Waals surface area contributed by atoms with E-state index in [-0.39, 0.29) is 34.8 Å². The Kier molecular flexibility index (Phi) is 4.87.